The van der Waals surface area contributed by atoms with Gasteiger partial charge in [-0.05, 0) is 66.4 Å². The van der Waals surface area contributed by atoms with Gasteiger partial charge in [-0.15, -0.1) is 0 Å². The van der Waals surface area contributed by atoms with Crippen LogP contribution in [0.3, 0.4) is 0 Å². The van der Waals surface area contributed by atoms with Gasteiger partial charge in [0.05, 0.1) is 18.2 Å². The molecule has 1 fully saturated rings. The number of hydrogen-bond acceptors (Lipinski definition) is 5. The van der Waals surface area contributed by atoms with E-state index in [1.54, 1.807) is 42.7 Å². The van der Waals surface area contributed by atoms with Crippen molar-refractivity contribution in [2.24, 2.45) is 0 Å². The van der Waals surface area contributed by atoms with Crippen LogP contribution in [0.1, 0.15) is 41.6 Å². The van der Waals surface area contributed by atoms with E-state index < -0.39 is 23.5 Å². The fourth-order valence-corrected chi connectivity index (χ4v) is 4.05. The zero-order chi connectivity index (χ0) is 24.2. The number of aliphatic hydroxyl groups is 1. The van der Waals surface area contributed by atoms with Crippen LogP contribution in [0.4, 0.5) is 4.39 Å². The summed E-state index contributed by atoms with van der Waals surface area (Å²) >= 11 is 0. The Bertz CT molecular complexity index is 1240. The summed E-state index contributed by atoms with van der Waals surface area (Å²) in [7, 11) is 0. The molecule has 1 atom stereocenters. The highest BCUT2D eigenvalue weighted by atomic mass is 19.1. The number of ether oxygens (including phenoxy) is 1. The molecule has 1 saturated heterocycles. The summed E-state index contributed by atoms with van der Waals surface area (Å²) in [6.07, 6.45) is 4.09. The Hall–Kier alpha value is -4.00. The molecule has 1 unspecified atom stereocenters. The Labute approximate surface area is 197 Å². The number of hydrogen-bond donors (Lipinski definition) is 1. The Balaban J connectivity index is 1.81. The van der Waals surface area contributed by atoms with Crippen LogP contribution < -0.4 is 4.74 Å². The van der Waals surface area contributed by atoms with Crippen LogP contribution in [0.2, 0.25) is 0 Å². The van der Waals surface area contributed by atoms with Crippen LogP contribution >= 0.6 is 0 Å². The number of Topliss-reactive ketones (excluding diaryl/α,β-unsaturated/α-hetero) is 1. The maximum atomic E-state index is 13.6. The van der Waals surface area contributed by atoms with E-state index in [2.05, 4.69) is 4.98 Å². The van der Waals surface area contributed by atoms with Crippen LogP contribution in [-0.4, -0.2) is 33.3 Å². The van der Waals surface area contributed by atoms with Crippen molar-refractivity contribution in [2.45, 2.75) is 32.9 Å². The van der Waals surface area contributed by atoms with E-state index in [1.165, 1.54) is 29.2 Å². The van der Waals surface area contributed by atoms with Crippen LogP contribution in [-0.2, 0) is 16.1 Å². The maximum Gasteiger partial charge on any atom is 0.295 e. The highest BCUT2D eigenvalue weighted by molar-refractivity contribution is 6.46. The third-order valence-corrected chi connectivity index (χ3v) is 5.71. The minimum absolute atomic E-state index is 0.0397. The van der Waals surface area contributed by atoms with E-state index in [9.17, 15) is 19.1 Å². The molecule has 0 spiro atoms. The second-order valence-corrected chi connectivity index (χ2v) is 8.17. The molecule has 2 heterocycles. The van der Waals surface area contributed by atoms with Gasteiger partial charge in [0.15, 0.2) is 0 Å². The lowest BCUT2D eigenvalue weighted by molar-refractivity contribution is -0.140. The molecule has 0 bridgehead atoms. The van der Waals surface area contributed by atoms with Gasteiger partial charge in [0, 0.05) is 24.5 Å². The number of aryl methyl sites for hydroxylation is 1. The molecule has 1 amide bonds. The second kappa shape index (κ2) is 9.87. The first-order valence-electron chi connectivity index (χ1n) is 11.1. The number of nitrogens with zero attached hydrogens (tertiary/aromatic N) is 2. The molecule has 2 aromatic carbocycles. The van der Waals surface area contributed by atoms with Crippen molar-refractivity contribution in [1.82, 2.24) is 9.88 Å². The number of likely N-dealkylation sites (tertiary alicyclic amines) is 1. The van der Waals surface area contributed by atoms with Crippen molar-refractivity contribution in [3.63, 3.8) is 0 Å². The number of carbonyl (C=O) groups excluding carboxylic acids is 2. The summed E-state index contributed by atoms with van der Waals surface area (Å²) in [4.78, 5) is 31.7. The summed E-state index contributed by atoms with van der Waals surface area (Å²) < 4.78 is 19.3. The van der Waals surface area contributed by atoms with E-state index in [0.717, 1.165) is 17.5 Å². The van der Waals surface area contributed by atoms with E-state index >= 15 is 0 Å². The molecule has 1 aliphatic heterocycles. The minimum atomic E-state index is -0.878. The largest absolute Gasteiger partial charge is 0.507 e. The number of carbonyl (C=O) groups is 2. The molecule has 0 saturated carbocycles. The summed E-state index contributed by atoms with van der Waals surface area (Å²) in [6, 6.07) is 13.3. The number of halogens is 1. The third kappa shape index (κ3) is 4.55. The molecular weight excluding hydrogens is 435 g/mol. The molecule has 7 heteroatoms. The second-order valence-electron chi connectivity index (χ2n) is 8.17. The van der Waals surface area contributed by atoms with Crippen molar-refractivity contribution in [3.05, 3.63) is 101 Å². The van der Waals surface area contributed by atoms with Gasteiger partial charge in [0.2, 0.25) is 0 Å². The maximum absolute atomic E-state index is 13.6. The first-order chi connectivity index (χ1) is 16.4. The van der Waals surface area contributed by atoms with E-state index in [1.807, 2.05) is 13.8 Å². The van der Waals surface area contributed by atoms with Crippen LogP contribution in [0.15, 0.2) is 72.6 Å². The lowest BCUT2D eigenvalue weighted by atomic mass is 9.94. The van der Waals surface area contributed by atoms with Crippen LogP contribution in [0.5, 0.6) is 5.75 Å². The quantitative estimate of drug-likeness (QED) is 0.307. The molecule has 1 aliphatic rings. The molecule has 0 aliphatic carbocycles. The number of rotatable bonds is 7. The Morgan fingerprint density at radius 2 is 1.91 bits per heavy atom. The van der Waals surface area contributed by atoms with Crippen molar-refractivity contribution < 1.29 is 23.8 Å². The van der Waals surface area contributed by atoms with Gasteiger partial charge in [-0.3, -0.25) is 14.6 Å². The number of ketones is 1. The first kappa shape index (κ1) is 23.2. The van der Waals surface area contributed by atoms with Crippen molar-refractivity contribution in [2.75, 3.05) is 6.61 Å². The molecule has 3 aromatic rings. The highest BCUT2D eigenvalue weighted by Crippen LogP contribution is 2.40. The van der Waals surface area contributed by atoms with E-state index in [-0.39, 0.29) is 17.9 Å². The standard InChI is InChI=1S/C27H25FN2O4/c1-3-13-34-22-11-8-20(14-17(22)2)25(31)23-24(19-6-9-21(28)10-7-19)30(27(33)26(23)32)16-18-5-4-12-29-15-18/h4-12,14-15,24,31H,3,13,16H2,1-2H3/b25-23-. The lowest BCUT2D eigenvalue weighted by Crippen LogP contribution is -2.29. The SMILES string of the molecule is CCCOc1ccc(/C(O)=C2/C(=O)C(=O)N(Cc3cccnc3)C2c2ccc(F)cc2)cc1C. The van der Waals surface area contributed by atoms with Gasteiger partial charge >= 0.3 is 0 Å². The van der Waals surface area contributed by atoms with Crippen LogP contribution in [0.25, 0.3) is 5.76 Å². The summed E-state index contributed by atoms with van der Waals surface area (Å²) in [6.45, 7) is 4.53. The zero-order valence-corrected chi connectivity index (χ0v) is 19.0. The van der Waals surface area contributed by atoms with Crippen molar-refractivity contribution in [3.8, 4) is 5.75 Å². The average Bonchev–Trinajstić information content (AvgIpc) is 3.09. The van der Waals surface area contributed by atoms with E-state index in [4.69, 9.17) is 4.74 Å². The molecular formula is C27H25FN2O4. The number of benzene rings is 2. The fraction of sp³-hybridized carbons (Fsp3) is 0.222. The smallest absolute Gasteiger partial charge is 0.295 e. The van der Waals surface area contributed by atoms with Gasteiger partial charge < -0.3 is 14.7 Å². The van der Waals surface area contributed by atoms with Gasteiger partial charge in [0.25, 0.3) is 11.7 Å². The first-order valence-corrected chi connectivity index (χ1v) is 11.1. The number of pyridine rings is 1. The molecule has 6 nitrogen and oxygen atoms in total. The zero-order valence-electron chi connectivity index (χ0n) is 19.0. The predicted octanol–water partition coefficient (Wildman–Crippen LogP) is 4.94. The minimum Gasteiger partial charge on any atom is -0.507 e. The Morgan fingerprint density at radius 1 is 1.15 bits per heavy atom. The molecule has 174 valence electrons. The fourth-order valence-electron chi connectivity index (χ4n) is 4.05. The van der Waals surface area contributed by atoms with Crippen LogP contribution in [0, 0.1) is 12.7 Å². The molecule has 1 aromatic heterocycles. The molecule has 34 heavy (non-hydrogen) atoms. The van der Waals surface area contributed by atoms with Gasteiger partial charge in [-0.2, -0.15) is 0 Å². The summed E-state index contributed by atoms with van der Waals surface area (Å²) in [5.74, 6) is -1.57. The van der Waals surface area contributed by atoms with Crippen molar-refractivity contribution in [1.29, 1.82) is 0 Å². The third-order valence-electron chi connectivity index (χ3n) is 5.71. The Kier molecular flexibility index (Phi) is 6.72. The van der Waals surface area contributed by atoms with Crippen molar-refractivity contribution >= 4 is 17.4 Å². The average molecular weight is 461 g/mol. The summed E-state index contributed by atoms with van der Waals surface area (Å²) in [5, 5.41) is 11.2. The van der Waals surface area contributed by atoms with Gasteiger partial charge in [-0.1, -0.05) is 25.1 Å². The summed E-state index contributed by atoms with van der Waals surface area (Å²) in [5.41, 5.74) is 2.39. The normalized spacial score (nSPS) is 17.3. The van der Waals surface area contributed by atoms with E-state index in [0.29, 0.717) is 23.5 Å². The highest BCUT2D eigenvalue weighted by Gasteiger charge is 2.46. The Morgan fingerprint density at radius 3 is 2.56 bits per heavy atom. The lowest BCUT2D eigenvalue weighted by Gasteiger charge is -2.25. The van der Waals surface area contributed by atoms with Gasteiger partial charge in [-0.25, -0.2) is 4.39 Å². The molecule has 0 radical (unpaired) electrons. The number of amides is 1. The number of aromatic nitrogens is 1. The predicted molar refractivity (Wildman–Crippen MR) is 125 cm³/mol. The topological polar surface area (TPSA) is 79.7 Å². The molecule has 4 rings (SSSR count). The monoisotopic (exact) mass is 460 g/mol. The molecule has 1 N–H and O–H groups in total. The number of aliphatic hydroxyl groups excluding tert-OH is 1. The van der Waals surface area contributed by atoms with Gasteiger partial charge in [0.1, 0.15) is 17.3 Å².